The number of oxime groups is 1. The zero-order chi connectivity index (χ0) is 8.69. The smallest absolute Gasteiger partial charge is 0.131 e. The summed E-state index contributed by atoms with van der Waals surface area (Å²) in [6, 6.07) is 0. The number of nitrogens with zero attached hydrogens (tertiary/aromatic N) is 1. The molecule has 0 spiro atoms. The third kappa shape index (κ3) is 4.59. The molecule has 0 N–H and O–H groups in total. The van der Waals surface area contributed by atoms with Gasteiger partial charge in [-0.05, 0) is 18.4 Å². The zero-order valence-corrected chi connectivity index (χ0v) is 7.63. The molecule has 0 saturated heterocycles. The van der Waals surface area contributed by atoms with Crippen LogP contribution in [-0.2, 0) is 4.84 Å². The van der Waals surface area contributed by atoms with Gasteiger partial charge >= 0.3 is 0 Å². The van der Waals surface area contributed by atoms with Crippen molar-refractivity contribution in [2.75, 3.05) is 0 Å². The highest BCUT2D eigenvalue weighted by Crippen LogP contribution is 2.10. The average molecular weight is 155 g/mol. The Morgan fingerprint density at radius 1 is 1.64 bits per heavy atom. The monoisotopic (exact) mass is 155 g/mol. The van der Waals surface area contributed by atoms with Gasteiger partial charge in [0, 0.05) is 13.1 Å². The van der Waals surface area contributed by atoms with E-state index in [0.717, 1.165) is 18.6 Å². The second-order valence-electron chi connectivity index (χ2n) is 2.59. The van der Waals surface area contributed by atoms with Gasteiger partial charge in [-0.2, -0.15) is 0 Å². The lowest BCUT2D eigenvalue weighted by atomic mass is 10.1. The lowest BCUT2D eigenvalue weighted by Gasteiger charge is -2.04. The fraction of sp³-hybridized carbons (Fsp3) is 0.667. The van der Waals surface area contributed by atoms with Gasteiger partial charge in [-0.3, -0.25) is 0 Å². The van der Waals surface area contributed by atoms with Gasteiger partial charge in [0.2, 0.25) is 0 Å². The molecular weight excluding hydrogens is 138 g/mol. The fourth-order valence-electron chi connectivity index (χ4n) is 0.731. The van der Waals surface area contributed by atoms with Gasteiger partial charge in [-0.15, -0.1) is 0 Å². The largest absolute Gasteiger partial charge is 0.362 e. The lowest BCUT2D eigenvalue weighted by molar-refractivity contribution is 0.219. The van der Waals surface area contributed by atoms with Crippen LogP contribution >= 0.6 is 0 Å². The van der Waals surface area contributed by atoms with E-state index in [1.165, 1.54) is 0 Å². The van der Waals surface area contributed by atoms with Crippen LogP contribution in [-0.4, -0.2) is 6.72 Å². The van der Waals surface area contributed by atoms with Crippen molar-refractivity contribution in [2.45, 2.75) is 33.6 Å². The fourth-order valence-corrected chi connectivity index (χ4v) is 0.731. The van der Waals surface area contributed by atoms with Crippen molar-refractivity contribution in [2.24, 2.45) is 11.1 Å². The van der Waals surface area contributed by atoms with E-state index in [1.54, 1.807) is 0 Å². The SMILES string of the molecule is C=NO/C(=C/C(C)CC)CC. The minimum absolute atomic E-state index is 0.562. The summed E-state index contributed by atoms with van der Waals surface area (Å²) < 4.78 is 0. The second-order valence-corrected chi connectivity index (χ2v) is 2.59. The van der Waals surface area contributed by atoms with Gasteiger partial charge in [0.15, 0.2) is 0 Å². The van der Waals surface area contributed by atoms with E-state index >= 15 is 0 Å². The Morgan fingerprint density at radius 2 is 2.27 bits per heavy atom. The first-order chi connectivity index (χ1) is 5.24. The van der Waals surface area contributed by atoms with Crippen molar-refractivity contribution in [1.29, 1.82) is 0 Å². The molecule has 0 amide bonds. The molecule has 0 aliphatic rings. The first-order valence-corrected chi connectivity index (χ1v) is 4.08. The minimum Gasteiger partial charge on any atom is -0.362 e. The molecule has 11 heavy (non-hydrogen) atoms. The zero-order valence-electron chi connectivity index (χ0n) is 7.63. The summed E-state index contributed by atoms with van der Waals surface area (Å²) in [5.74, 6) is 1.47. The molecular formula is C9H17NO. The molecule has 0 aromatic carbocycles. The molecule has 2 nitrogen and oxygen atoms in total. The van der Waals surface area contributed by atoms with Gasteiger partial charge in [0.1, 0.15) is 5.76 Å². The molecule has 0 aliphatic carbocycles. The topological polar surface area (TPSA) is 21.6 Å². The Balaban J connectivity index is 3.98. The highest BCUT2D eigenvalue weighted by molar-refractivity contribution is 5.21. The normalized spacial score (nSPS) is 14.3. The van der Waals surface area contributed by atoms with Crippen LogP contribution in [0, 0.1) is 5.92 Å². The maximum absolute atomic E-state index is 4.94. The predicted octanol–water partition coefficient (Wildman–Crippen LogP) is 2.96. The van der Waals surface area contributed by atoms with E-state index in [9.17, 15) is 0 Å². The van der Waals surface area contributed by atoms with Crippen LogP contribution in [0.5, 0.6) is 0 Å². The average Bonchev–Trinajstić information content (AvgIpc) is 2.03. The number of rotatable bonds is 5. The van der Waals surface area contributed by atoms with Gasteiger partial charge in [-0.1, -0.05) is 25.9 Å². The summed E-state index contributed by atoms with van der Waals surface area (Å²) in [5.41, 5.74) is 0. The lowest BCUT2D eigenvalue weighted by Crippen LogP contribution is -1.91. The number of allylic oxidation sites excluding steroid dienone is 2. The Bertz CT molecular complexity index is 140. The maximum atomic E-state index is 4.94. The Labute approximate surface area is 68.9 Å². The maximum Gasteiger partial charge on any atom is 0.131 e. The standard InChI is InChI=1S/C9H17NO/c1-5-8(3)7-9(6-2)11-10-4/h7-8H,4-6H2,1-3H3/b9-7+. The van der Waals surface area contributed by atoms with E-state index in [0.29, 0.717) is 5.92 Å². The Hall–Kier alpha value is -0.790. The summed E-state index contributed by atoms with van der Waals surface area (Å²) >= 11 is 0. The van der Waals surface area contributed by atoms with E-state index < -0.39 is 0 Å². The third-order valence-electron chi connectivity index (χ3n) is 1.64. The predicted molar refractivity (Wildman–Crippen MR) is 48.5 cm³/mol. The van der Waals surface area contributed by atoms with Crippen LogP contribution in [0.1, 0.15) is 33.6 Å². The molecule has 2 heteroatoms. The Morgan fingerprint density at radius 3 is 2.64 bits per heavy atom. The molecule has 0 heterocycles. The van der Waals surface area contributed by atoms with Crippen molar-refractivity contribution in [1.82, 2.24) is 0 Å². The van der Waals surface area contributed by atoms with Crippen molar-refractivity contribution < 1.29 is 4.84 Å². The molecule has 0 rings (SSSR count). The van der Waals surface area contributed by atoms with Gasteiger partial charge in [0.05, 0.1) is 0 Å². The van der Waals surface area contributed by atoms with E-state index in [2.05, 4.69) is 31.8 Å². The van der Waals surface area contributed by atoms with E-state index in [1.807, 2.05) is 6.92 Å². The quantitative estimate of drug-likeness (QED) is 0.340. The van der Waals surface area contributed by atoms with Crippen LogP contribution in [0.15, 0.2) is 17.0 Å². The molecule has 1 unspecified atom stereocenters. The molecule has 0 aromatic heterocycles. The van der Waals surface area contributed by atoms with Crippen LogP contribution in [0.3, 0.4) is 0 Å². The van der Waals surface area contributed by atoms with Crippen molar-refractivity contribution in [3.8, 4) is 0 Å². The van der Waals surface area contributed by atoms with Gasteiger partial charge in [-0.25, -0.2) is 0 Å². The molecule has 0 saturated carbocycles. The highest BCUT2D eigenvalue weighted by Gasteiger charge is 1.98. The first-order valence-electron chi connectivity index (χ1n) is 4.08. The van der Waals surface area contributed by atoms with Crippen molar-refractivity contribution >= 4 is 6.72 Å². The highest BCUT2D eigenvalue weighted by atomic mass is 16.6. The summed E-state index contributed by atoms with van der Waals surface area (Å²) in [4.78, 5) is 4.94. The summed E-state index contributed by atoms with van der Waals surface area (Å²) in [5, 5.41) is 3.38. The summed E-state index contributed by atoms with van der Waals surface area (Å²) in [6.07, 6.45) is 4.10. The molecule has 64 valence electrons. The van der Waals surface area contributed by atoms with E-state index in [-0.39, 0.29) is 0 Å². The Kier molecular flexibility index (Phi) is 5.53. The van der Waals surface area contributed by atoms with Gasteiger partial charge in [0.25, 0.3) is 0 Å². The summed E-state index contributed by atoms with van der Waals surface area (Å²) in [6.45, 7) is 9.61. The van der Waals surface area contributed by atoms with Crippen molar-refractivity contribution in [3.05, 3.63) is 11.8 Å². The van der Waals surface area contributed by atoms with Crippen LogP contribution in [0.4, 0.5) is 0 Å². The van der Waals surface area contributed by atoms with Crippen LogP contribution < -0.4 is 0 Å². The molecule has 0 fully saturated rings. The first kappa shape index (κ1) is 10.2. The second kappa shape index (κ2) is 5.96. The molecule has 0 aliphatic heterocycles. The van der Waals surface area contributed by atoms with Crippen molar-refractivity contribution in [3.63, 3.8) is 0 Å². The molecule has 0 aromatic rings. The number of hydrogen-bond donors (Lipinski definition) is 0. The third-order valence-corrected chi connectivity index (χ3v) is 1.64. The molecule has 0 radical (unpaired) electrons. The summed E-state index contributed by atoms with van der Waals surface area (Å²) in [7, 11) is 0. The van der Waals surface area contributed by atoms with E-state index in [4.69, 9.17) is 4.84 Å². The van der Waals surface area contributed by atoms with Gasteiger partial charge < -0.3 is 4.84 Å². The van der Waals surface area contributed by atoms with Crippen LogP contribution in [0.2, 0.25) is 0 Å². The minimum atomic E-state index is 0.562. The molecule has 1 atom stereocenters. The molecule has 0 bridgehead atoms. The van der Waals surface area contributed by atoms with Crippen LogP contribution in [0.25, 0.3) is 0 Å². The number of hydrogen-bond acceptors (Lipinski definition) is 2.